The molecule has 0 aliphatic rings. The molecular formula is C12H11FN2OS. The number of nitrogens with zero attached hydrogens (tertiary/aromatic N) is 1. The second-order valence-electron chi connectivity index (χ2n) is 3.60. The molecule has 0 bridgehead atoms. The number of carbonyl (C=O) groups is 1. The summed E-state index contributed by atoms with van der Waals surface area (Å²) in [6.07, 6.45) is -1.31. The molecule has 0 fully saturated rings. The van der Waals surface area contributed by atoms with Crippen molar-refractivity contribution in [2.75, 3.05) is 0 Å². The molecular weight excluding hydrogens is 239 g/mol. The minimum atomic E-state index is -1.31. The van der Waals surface area contributed by atoms with Crippen molar-refractivity contribution >= 4 is 17.2 Å². The molecule has 1 unspecified atom stereocenters. The van der Waals surface area contributed by atoms with E-state index < -0.39 is 12.1 Å². The van der Waals surface area contributed by atoms with Gasteiger partial charge in [-0.3, -0.25) is 4.79 Å². The SMILES string of the molecule is Cc1nc(C(F)c2ccccc2)sc1C(N)=O. The molecule has 0 saturated carbocycles. The van der Waals surface area contributed by atoms with E-state index in [1.165, 1.54) is 0 Å². The van der Waals surface area contributed by atoms with E-state index in [1.807, 2.05) is 6.07 Å². The lowest BCUT2D eigenvalue weighted by Crippen LogP contribution is -2.09. The molecule has 0 radical (unpaired) electrons. The van der Waals surface area contributed by atoms with Gasteiger partial charge in [-0.05, 0) is 12.5 Å². The van der Waals surface area contributed by atoms with Crippen LogP contribution in [0.25, 0.3) is 0 Å². The molecule has 0 aliphatic heterocycles. The molecule has 1 aromatic carbocycles. The van der Waals surface area contributed by atoms with Gasteiger partial charge in [0.25, 0.3) is 5.91 Å². The summed E-state index contributed by atoms with van der Waals surface area (Å²) in [7, 11) is 0. The summed E-state index contributed by atoms with van der Waals surface area (Å²) >= 11 is 1.01. The number of benzene rings is 1. The van der Waals surface area contributed by atoms with Crippen LogP contribution in [0.15, 0.2) is 30.3 Å². The Morgan fingerprint density at radius 1 is 1.41 bits per heavy atom. The molecule has 17 heavy (non-hydrogen) atoms. The van der Waals surface area contributed by atoms with Crippen molar-refractivity contribution in [2.45, 2.75) is 13.1 Å². The highest BCUT2D eigenvalue weighted by Gasteiger charge is 2.20. The van der Waals surface area contributed by atoms with E-state index in [0.29, 0.717) is 16.1 Å². The fraction of sp³-hybridized carbons (Fsp3) is 0.167. The Kier molecular flexibility index (Phi) is 3.19. The number of aryl methyl sites for hydroxylation is 1. The van der Waals surface area contributed by atoms with Gasteiger partial charge in [0.15, 0.2) is 6.17 Å². The predicted molar refractivity (Wildman–Crippen MR) is 64.8 cm³/mol. The minimum absolute atomic E-state index is 0.266. The number of thiazole rings is 1. The van der Waals surface area contributed by atoms with E-state index in [-0.39, 0.29) is 5.01 Å². The summed E-state index contributed by atoms with van der Waals surface area (Å²) in [6.45, 7) is 1.65. The van der Waals surface area contributed by atoms with Crippen LogP contribution >= 0.6 is 11.3 Å². The van der Waals surface area contributed by atoms with Gasteiger partial charge < -0.3 is 5.73 Å². The van der Waals surface area contributed by atoms with Gasteiger partial charge in [-0.25, -0.2) is 9.37 Å². The van der Waals surface area contributed by atoms with Crippen LogP contribution in [0.2, 0.25) is 0 Å². The highest BCUT2D eigenvalue weighted by Crippen LogP contribution is 2.30. The molecule has 5 heteroatoms. The number of halogens is 1. The summed E-state index contributed by atoms with van der Waals surface area (Å²) in [5.41, 5.74) is 6.18. The van der Waals surface area contributed by atoms with Crippen molar-refractivity contribution in [3.63, 3.8) is 0 Å². The second-order valence-corrected chi connectivity index (χ2v) is 4.63. The molecule has 88 valence electrons. The van der Waals surface area contributed by atoms with Gasteiger partial charge in [0.1, 0.15) is 9.88 Å². The van der Waals surface area contributed by atoms with Crippen LogP contribution < -0.4 is 5.73 Å². The molecule has 1 amide bonds. The van der Waals surface area contributed by atoms with Crippen LogP contribution in [-0.4, -0.2) is 10.9 Å². The third-order valence-corrected chi connectivity index (χ3v) is 3.55. The van der Waals surface area contributed by atoms with Crippen LogP contribution in [0.1, 0.15) is 32.1 Å². The Morgan fingerprint density at radius 2 is 2.06 bits per heavy atom. The number of hydrogen-bond acceptors (Lipinski definition) is 3. The Morgan fingerprint density at radius 3 is 2.59 bits per heavy atom. The Hall–Kier alpha value is -1.75. The Balaban J connectivity index is 2.35. The molecule has 1 atom stereocenters. The maximum Gasteiger partial charge on any atom is 0.260 e. The van der Waals surface area contributed by atoms with Crippen LogP contribution in [0.3, 0.4) is 0 Å². The van der Waals surface area contributed by atoms with E-state index in [0.717, 1.165) is 11.3 Å². The summed E-state index contributed by atoms with van der Waals surface area (Å²) in [5, 5.41) is 0.266. The zero-order chi connectivity index (χ0) is 12.4. The Labute approximate surface area is 102 Å². The number of aromatic nitrogens is 1. The van der Waals surface area contributed by atoms with Crippen molar-refractivity contribution in [2.24, 2.45) is 5.73 Å². The first-order chi connectivity index (χ1) is 8.09. The molecule has 0 saturated heterocycles. The summed E-state index contributed by atoms with van der Waals surface area (Å²) in [4.78, 5) is 15.4. The molecule has 2 N–H and O–H groups in total. The largest absolute Gasteiger partial charge is 0.365 e. The molecule has 2 rings (SSSR count). The minimum Gasteiger partial charge on any atom is -0.365 e. The maximum absolute atomic E-state index is 14.1. The molecule has 2 aromatic rings. The summed E-state index contributed by atoms with van der Waals surface area (Å²) in [6, 6.07) is 8.71. The standard InChI is InChI=1S/C12H11FN2OS/c1-7-10(11(14)16)17-12(15-7)9(13)8-5-3-2-4-6-8/h2-6,9H,1H3,(H2,14,16). The first-order valence-electron chi connectivity index (χ1n) is 5.05. The third kappa shape index (κ3) is 2.34. The van der Waals surface area contributed by atoms with Crippen LogP contribution in [0.4, 0.5) is 4.39 Å². The Bertz CT molecular complexity index is 539. The molecule has 0 spiro atoms. The van der Waals surface area contributed by atoms with Gasteiger partial charge in [-0.15, -0.1) is 11.3 Å². The van der Waals surface area contributed by atoms with Crippen molar-refractivity contribution < 1.29 is 9.18 Å². The maximum atomic E-state index is 14.1. The van der Waals surface area contributed by atoms with E-state index in [1.54, 1.807) is 31.2 Å². The number of nitrogens with two attached hydrogens (primary N) is 1. The molecule has 1 aromatic heterocycles. The third-order valence-electron chi connectivity index (χ3n) is 2.35. The molecule has 1 heterocycles. The topological polar surface area (TPSA) is 56.0 Å². The van der Waals surface area contributed by atoms with Crippen LogP contribution in [-0.2, 0) is 0 Å². The lowest BCUT2D eigenvalue weighted by atomic mass is 10.1. The molecule has 0 aliphatic carbocycles. The predicted octanol–water partition coefficient (Wildman–Crippen LogP) is 2.61. The van der Waals surface area contributed by atoms with E-state index in [2.05, 4.69) is 4.98 Å². The van der Waals surface area contributed by atoms with E-state index in [4.69, 9.17) is 5.73 Å². The first-order valence-corrected chi connectivity index (χ1v) is 5.87. The van der Waals surface area contributed by atoms with Crippen molar-refractivity contribution in [3.8, 4) is 0 Å². The number of carbonyl (C=O) groups excluding carboxylic acids is 1. The van der Waals surface area contributed by atoms with Crippen molar-refractivity contribution in [1.82, 2.24) is 4.98 Å². The lowest BCUT2D eigenvalue weighted by molar-refractivity contribution is 0.100. The van der Waals surface area contributed by atoms with Crippen LogP contribution in [0.5, 0.6) is 0 Å². The average molecular weight is 250 g/mol. The monoisotopic (exact) mass is 250 g/mol. The highest BCUT2D eigenvalue weighted by atomic mass is 32.1. The van der Waals surface area contributed by atoms with Crippen molar-refractivity contribution in [3.05, 3.63) is 51.5 Å². The quantitative estimate of drug-likeness (QED) is 0.910. The highest BCUT2D eigenvalue weighted by molar-refractivity contribution is 7.13. The normalized spacial score (nSPS) is 12.4. The van der Waals surface area contributed by atoms with Gasteiger partial charge in [-0.1, -0.05) is 30.3 Å². The lowest BCUT2D eigenvalue weighted by Gasteiger charge is -2.03. The van der Waals surface area contributed by atoms with Gasteiger partial charge in [-0.2, -0.15) is 0 Å². The zero-order valence-corrected chi connectivity index (χ0v) is 10.00. The number of amides is 1. The van der Waals surface area contributed by atoms with Crippen LogP contribution in [0, 0.1) is 6.92 Å². The van der Waals surface area contributed by atoms with Gasteiger partial charge in [0.05, 0.1) is 5.69 Å². The van der Waals surface area contributed by atoms with Gasteiger partial charge in [0, 0.05) is 0 Å². The first kappa shape index (κ1) is 11.7. The van der Waals surface area contributed by atoms with Crippen molar-refractivity contribution in [1.29, 1.82) is 0 Å². The fourth-order valence-electron chi connectivity index (χ4n) is 1.52. The number of hydrogen-bond donors (Lipinski definition) is 1. The van der Waals surface area contributed by atoms with Gasteiger partial charge >= 0.3 is 0 Å². The fourth-order valence-corrected chi connectivity index (χ4v) is 2.44. The number of rotatable bonds is 3. The average Bonchev–Trinajstić information content (AvgIpc) is 2.71. The van der Waals surface area contributed by atoms with E-state index in [9.17, 15) is 9.18 Å². The summed E-state index contributed by atoms with van der Waals surface area (Å²) < 4.78 is 14.1. The number of primary amides is 1. The second kappa shape index (κ2) is 4.63. The van der Waals surface area contributed by atoms with E-state index >= 15 is 0 Å². The van der Waals surface area contributed by atoms with Gasteiger partial charge in [0.2, 0.25) is 0 Å². The smallest absolute Gasteiger partial charge is 0.260 e. The number of alkyl halides is 1. The zero-order valence-electron chi connectivity index (χ0n) is 9.18. The summed E-state index contributed by atoms with van der Waals surface area (Å²) in [5.74, 6) is -0.563. The molecule has 3 nitrogen and oxygen atoms in total.